The minimum Gasteiger partial charge on any atom is -0.377 e. The number of carbonyl (C=O) groups is 2. The first kappa shape index (κ1) is 18.9. The van der Waals surface area contributed by atoms with Gasteiger partial charge in [0, 0.05) is 30.4 Å². The molecule has 1 unspecified atom stereocenters. The highest BCUT2D eigenvalue weighted by Gasteiger charge is 2.17. The molecule has 1 heterocycles. The molecule has 0 aliphatic carbocycles. The summed E-state index contributed by atoms with van der Waals surface area (Å²) in [6, 6.07) is 5.63. The Labute approximate surface area is 151 Å². The normalized spacial score (nSPS) is 16.9. The van der Waals surface area contributed by atoms with E-state index < -0.39 is 0 Å². The van der Waals surface area contributed by atoms with Crippen molar-refractivity contribution < 1.29 is 14.3 Å². The number of ether oxygens (including phenoxy) is 1. The Morgan fingerprint density at radius 1 is 1.42 bits per heavy atom. The summed E-state index contributed by atoms with van der Waals surface area (Å²) >= 11 is 3.39. The largest absolute Gasteiger partial charge is 0.377 e. The van der Waals surface area contributed by atoms with E-state index in [9.17, 15) is 9.59 Å². The van der Waals surface area contributed by atoms with Crippen LogP contribution in [0.3, 0.4) is 0 Å². The van der Waals surface area contributed by atoms with Crippen molar-refractivity contribution in [3.05, 3.63) is 28.2 Å². The first-order chi connectivity index (χ1) is 11.5. The average molecular weight is 398 g/mol. The van der Waals surface area contributed by atoms with E-state index in [0.717, 1.165) is 35.2 Å². The number of rotatable bonds is 7. The predicted molar refractivity (Wildman–Crippen MR) is 97.0 cm³/mol. The fraction of sp³-hybridized carbons (Fsp3) is 0.529. The molecule has 0 aromatic heterocycles. The molecule has 1 aliphatic rings. The maximum atomic E-state index is 12.1. The van der Waals surface area contributed by atoms with Crippen LogP contribution >= 0.6 is 15.9 Å². The van der Waals surface area contributed by atoms with Crippen LogP contribution in [0.1, 0.15) is 18.4 Å². The van der Waals surface area contributed by atoms with Crippen LogP contribution in [0, 0.1) is 6.92 Å². The summed E-state index contributed by atoms with van der Waals surface area (Å²) < 4.78 is 6.45. The molecule has 0 spiro atoms. The lowest BCUT2D eigenvalue weighted by Crippen LogP contribution is -2.41. The van der Waals surface area contributed by atoms with Gasteiger partial charge in [0.05, 0.1) is 19.2 Å². The molecule has 2 N–H and O–H groups in total. The standard InChI is InChI=1S/C17H24BrN3O3/c1-12-8-13(18)5-6-15(12)20-16(22)11-21(2)17(23)10-19-9-14-4-3-7-24-14/h5-6,8,14,19H,3-4,7,9-11H2,1-2H3,(H,20,22). The number of hydrogen-bond donors (Lipinski definition) is 2. The molecule has 2 amide bonds. The average Bonchev–Trinajstić information content (AvgIpc) is 3.03. The van der Waals surface area contributed by atoms with Gasteiger partial charge in [0.1, 0.15) is 0 Å². The summed E-state index contributed by atoms with van der Waals surface area (Å²) in [6.07, 6.45) is 2.31. The fourth-order valence-corrected chi connectivity index (χ4v) is 3.02. The number of likely N-dealkylation sites (N-methyl/N-ethyl adjacent to an activating group) is 1. The highest BCUT2D eigenvalue weighted by Crippen LogP contribution is 2.19. The van der Waals surface area contributed by atoms with E-state index in [1.807, 2.05) is 25.1 Å². The summed E-state index contributed by atoms with van der Waals surface area (Å²) in [6.45, 7) is 3.63. The quantitative estimate of drug-likeness (QED) is 0.737. The fourth-order valence-electron chi connectivity index (χ4n) is 2.54. The number of hydrogen-bond acceptors (Lipinski definition) is 4. The zero-order valence-electron chi connectivity index (χ0n) is 14.1. The Bertz CT molecular complexity index is 588. The van der Waals surface area contributed by atoms with Crippen molar-refractivity contribution >= 4 is 33.4 Å². The van der Waals surface area contributed by atoms with Gasteiger partial charge in [0.25, 0.3) is 0 Å². The molecule has 132 valence electrons. The summed E-state index contributed by atoms with van der Waals surface area (Å²) in [4.78, 5) is 25.6. The molecule has 7 heteroatoms. The third kappa shape index (κ3) is 5.89. The highest BCUT2D eigenvalue weighted by molar-refractivity contribution is 9.10. The van der Waals surface area contributed by atoms with E-state index in [1.54, 1.807) is 7.05 Å². The molecule has 1 aromatic rings. The Kier molecular flexibility index (Phi) is 7.20. The van der Waals surface area contributed by atoms with Crippen LogP contribution in [-0.2, 0) is 14.3 Å². The number of nitrogens with one attached hydrogen (secondary N) is 2. The SMILES string of the molecule is Cc1cc(Br)ccc1NC(=O)CN(C)C(=O)CNCC1CCCO1. The molecule has 1 aliphatic heterocycles. The second kappa shape index (κ2) is 9.15. The van der Waals surface area contributed by atoms with Crippen molar-refractivity contribution in [2.45, 2.75) is 25.9 Å². The molecule has 24 heavy (non-hydrogen) atoms. The van der Waals surface area contributed by atoms with Crippen molar-refractivity contribution in [1.82, 2.24) is 10.2 Å². The number of carbonyl (C=O) groups excluding carboxylic acids is 2. The highest BCUT2D eigenvalue weighted by atomic mass is 79.9. The molecule has 0 bridgehead atoms. The Morgan fingerprint density at radius 2 is 2.21 bits per heavy atom. The van der Waals surface area contributed by atoms with E-state index in [0.29, 0.717) is 6.54 Å². The van der Waals surface area contributed by atoms with E-state index in [2.05, 4.69) is 26.6 Å². The summed E-state index contributed by atoms with van der Waals surface area (Å²) in [7, 11) is 1.63. The molecule has 1 aromatic carbocycles. The third-order valence-electron chi connectivity index (χ3n) is 3.94. The topological polar surface area (TPSA) is 70.7 Å². The van der Waals surface area contributed by atoms with Gasteiger partial charge in [-0.2, -0.15) is 0 Å². The molecule has 2 rings (SSSR count). The zero-order valence-corrected chi connectivity index (χ0v) is 15.7. The third-order valence-corrected chi connectivity index (χ3v) is 4.43. The zero-order chi connectivity index (χ0) is 17.5. The van der Waals surface area contributed by atoms with Crippen molar-refractivity contribution in [2.24, 2.45) is 0 Å². The van der Waals surface area contributed by atoms with Gasteiger partial charge in [-0.1, -0.05) is 15.9 Å². The van der Waals surface area contributed by atoms with Gasteiger partial charge in [-0.05, 0) is 43.5 Å². The molecule has 1 saturated heterocycles. The van der Waals surface area contributed by atoms with Crippen LogP contribution in [0.25, 0.3) is 0 Å². The van der Waals surface area contributed by atoms with Gasteiger partial charge in [0.2, 0.25) is 11.8 Å². The Hall–Kier alpha value is -1.44. The van der Waals surface area contributed by atoms with Crippen LogP contribution in [0.2, 0.25) is 0 Å². The van der Waals surface area contributed by atoms with Crippen molar-refractivity contribution in [1.29, 1.82) is 0 Å². The van der Waals surface area contributed by atoms with Gasteiger partial charge in [-0.15, -0.1) is 0 Å². The van der Waals surface area contributed by atoms with Gasteiger partial charge < -0.3 is 20.3 Å². The molecule has 0 saturated carbocycles. The summed E-state index contributed by atoms with van der Waals surface area (Å²) in [5.41, 5.74) is 1.71. The first-order valence-electron chi connectivity index (χ1n) is 8.08. The molecule has 1 atom stereocenters. The molecule has 1 fully saturated rings. The number of amides is 2. The number of benzene rings is 1. The van der Waals surface area contributed by atoms with Crippen LogP contribution in [0.4, 0.5) is 5.69 Å². The van der Waals surface area contributed by atoms with Gasteiger partial charge in [-0.25, -0.2) is 0 Å². The Morgan fingerprint density at radius 3 is 2.88 bits per heavy atom. The molecular formula is C17H24BrN3O3. The van der Waals surface area contributed by atoms with Crippen molar-refractivity contribution in [3.8, 4) is 0 Å². The van der Waals surface area contributed by atoms with Gasteiger partial charge in [0.15, 0.2) is 0 Å². The lowest BCUT2D eigenvalue weighted by molar-refractivity contribution is -0.132. The lowest BCUT2D eigenvalue weighted by Gasteiger charge is -2.18. The monoisotopic (exact) mass is 397 g/mol. The second-order valence-electron chi connectivity index (χ2n) is 6.02. The number of nitrogens with zero attached hydrogens (tertiary/aromatic N) is 1. The summed E-state index contributed by atoms with van der Waals surface area (Å²) in [5, 5.41) is 5.92. The minimum atomic E-state index is -0.213. The smallest absolute Gasteiger partial charge is 0.243 e. The molecule has 6 nitrogen and oxygen atoms in total. The molecule has 0 radical (unpaired) electrons. The maximum absolute atomic E-state index is 12.1. The van der Waals surface area contributed by atoms with E-state index in [1.165, 1.54) is 4.90 Å². The van der Waals surface area contributed by atoms with E-state index in [-0.39, 0.29) is 31.0 Å². The van der Waals surface area contributed by atoms with Gasteiger partial charge in [-0.3, -0.25) is 9.59 Å². The van der Waals surface area contributed by atoms with E-state index >= 15 is 0 Å². The first-order valence-corrected chi connectivity index (χ1v) is 8.87. The lowest BCUT2D eigenvalue weighted by atomic mass is 10.2. The van der Waals surface area contributed by atoms with Gasteiger partial charge >= 0.3 is 0 Å². The van der Waals surface area contributed by atoms with Crippen LogP contribution in [0.15, 0.2) is 22.7 Å². The Balaban J connectivity index is 1.72. The molecular weight excluding hydrogens is 374 g/mol. The second-order valence-corrected chi connectivity index (χ2v) is 6.94. The maximum Gasteiger partial charge on any atom is 0.243 e. The number of anilines is 1. The number of halogens is 1. The number of aryl methyl sites for hydroxylation is 1. The minimum absolute atomic E-state index is 0.0238. The van der Waals surface area contributed by atoms with Crippen molar-refractivity contribution in [3.63, 3.8) is 0 Å². The van der Waals surface area contributed by atoms with Crippen molar-refractivity contribution in [2.75, 3.05) is 38.6 Å². The predicted octanol–water partition coefficient (Wildman–Crippen LogP) is 1.92. The van der Waals surface area contributed by atoms with Crippen LogP contribution in [-0.4, -0.2) is 56.1 Å². The van der Waals surface area contributed by atoms with Crippen LogP contribution in [0.5, 0.6) is 0 Å². The van der Waals surface area contributed by atoms with Crippen LogP contribution < -0.4 is 10.6 Å². The summed E-state index contributed by atoms with van der Waals surface area (Å²) in [5.74, 6) is -0.328. The van der Waals surface area contributed by atoms with E-state index in [4.69, 9.17) is 4.74 Å².